The number of pyridine rings is 1. The standard InChI is InChI=1S/C12H3Cl5FNO2/c13-7-6(8(14)10(16)11(17)9(7)15)5-1-3(12(20)21)4(18)2-19-5/h1-2H,(H,20,21). The number of hydrogen-bond donors (Lipinski definition) is 1. The fourth-order valence-electron chi connectivity index (χ4n) is 1.57. The molecule has 1 heterocycles. The summed E-state index contributed by atoms with van der Waals surface area (Å²) in [7, 11) is 0. The van der Waals surface area contributed by atoms with Gasteiger partial charge in [0.1, 0.15) is 0 Å². The minimum Gasteiger partial charge on any atom is -0.478 e. The summed E-state index contributed by atoms with van der Waals surface area (Å²) in [6.07, 6.45) is 0.738. The Hall–Kier alpha value is -0.780. The predicted molar refractivity (Wildman–Crippen MR) is 81.6 cm³/mol. The molecule has 1 N–H and O–H groups in total. The number of aromatic carboxylic acids is 1. The highest BCUT2D eigenvalue weighted by Crippen LogP contribution is 2.47. The summed E-state index contributed by atoms with van der Waals surface area (Å²) >= 11 is 29.8. The molecule has 0 aliphatic heterocycles. The van der Waals surface area contributed by atoms with Gasteiger partial charge >= 0.3 is 5.97 Å². The fourth-order valence-corrected chi connectivity index (χ4v) is 2.90. The average molecular weight is 389 g/mol. The summed E-state index contributed by atoms with van der Waals surface area (Å²) < 4.78 is 13.4. The molecule has 0 bridgehead atoms. The van der Waals surface area contributed by atoms with Gasteiger partial charge in [0.25, 0.3) is 0 Å². The molecule has 0 spiro atoms. The lowest BCUT2D eigenvalue weighted by Gasteiger charge is -2.12. The van der Waals surface area contributed by atoms with Gasteiger partial charge in [-0.25, -0.2) is 9.18 Å². The van der Waals surface area contributed by atoms with E-state index in [0.29, 0.717) is 0 Å². The molecular weight excluding hydrogens is 386 g/mol. The Morgan fingerprint density at radius 1 is 1.00 bits per heavy atom. The Morgan fingerprint density at radius 2 is 1.48 bits per heavy atom. The van der Waals surface area contributed by atoms with E-state index in [2.05, 4.69) is 4.98 Å². The van der Waals surface area contributed by atoms with Crippen molar-refractivity contribution in [3.05, 3.63) is 48.8 Å². The highest BCUT2D eigenvalue weighted by Gasteiger charge is 2.23. The van der Waals surface area contributed by atoms with Gasteiger partial charge in [-0.3, -0.25) is 4.98 Å². The van der Waals surface area contributed by atoms with E-state index in [9.17, 15) is 9.18 Å². The van der Waals surface area contributed by atoms with Crippen LogP contribution in [0.2, 0.25) is 25.1 Å². The van der Waals surface area contributed by atoms with Crippen LogP contribution in [0.25, 0.3) is 11.3 Å². The predicted octanol–water partition coefficient (Wildman–Crippen LogP) is 5.85. The molecule has 0 saturated heterocycles. The number of aromatic nitrogens is 1. The Labute approximate surface area is 143 Å². The number of benzene rings is 1. The van der Waals surface area contributed by atoms with Crippen LogP contribution in [-0.4, -0.2) is 16.1 Å². The van der Waals surface area contributed by atoms with Gasteiger partial charge in [0.05, 0.1) is 42.6 Å². The normalized spacial score (nSPS) is 10.8. The van der Waals surface area contributed by atoms with Crippen LogP contribution in [0.1, 0.15) is 10.4 Å². The second-order valence-electron chi connectivity index (χ2n) is 3.80. The zero-order chi connectivity index (χ0) is 15.9. The molecule has 110 valence electrons. The largest absolute Gasteiger partial charge is 0.478 e. The maximum atomic E-state index is 13.4. The van der Waals surface area contributed by atoms with Crippen molar-refractivity contribution in [2.75, 3.05) is 0 Å². The molecular formula is C12H3Cl5FNO2. The van der Waals surface area contributed by atoms with E-state index in [1.54, 1.807) is 0 Å². The van der Waals surface area contributed by atoms with Crippen LogP contribution in [0.3, 0.4) is 0 Å². The third-order valence-electron chi connectivity index (χ3n) is 2.55. The van der Waals surface area contributed by atoms with Gasteiger partial charge in [0.2, 0.25) is 0 Å². The van der Waals surface area contributed by atoms with Gasteiger partial charge in [0, 0.05) is 5.56 Å². The molecule has 0 fully saturated rings. The molecule has 1 aromatic carbocycles. The van der Waals surface area contributed by atoms with E-state index >= 15 is 0 Å². The molecule has 3 nitrogen and oxygen atoms in total. The summed E-state index contributed by atoms with van der Waals surface area (Å²) in [5.74, 6) is -2.46. The van der Waals surface area contributed by atoms with Crippen molar-refractivity contribution in [1.29, 1.82) is 0 Å². The van der Waals surface area contributed by atoms with E-state index in [-0.39, 0.29) is 36.4 Å². The van der Waals surface area contributed by atoms with Crippen LogP contribution < -0.4 is 0 Å². The lowest BCUT2D eigenvalue weighted by molar-refractivity contribution is 0.0691. The molecule has 2 rings (SSSR count). The van der Waals surface area contributed by atoms with Gasteiger partial charge in [-0.2, -0.15) is 0 Å². The lowest BCUT2D eigenvalue weighted by atomic mass is 10.1. The SMILES string of the molecule is O=C(O)c1cc(-c2c(Cl)c(Cl)c(Cl)c(Cl)c2Cl)ncc1F. The Morgan fingerprint density at radius 3 is 1.95 bits per heavy atom. The first-order valence-corrected chi connectivity index (χ1v) is 7.05. The molecule has 0 aliphatic carbocycles. The first kappa shape index (κ1) is 16.6. The molecule has 0 atom stereocenters. The van der Waals surface area contributed by atoms with Crippen molar-refractivity contribution >= 4 is 64.0 Å². The Balaban J connectivity index is 2.80. The van der Waals surface area contributed by atoms with E-state index in [0.717, 1.165) is 12.3 Å². The van der Waals surface area contributed by atoms with Gasteiger partial charge in [-0.15, -0.1) is 0 Å². The zero-order valence-corrected chi connectivity index (χ0v) is 13.5. The lowest BCUT2D eigenvalue weighted by Crippen LogP contribution is -2.02. The fraction of sp³-hybridized carbons (Fsp3) is 0. The molecule has 0 aliphatic rings. The summed E-state index contributed by atoms with van der Waals surface area (Å²) in [6, 6.07) is 0.978. The van der Waals surface area contributed by atoms with Crippen LogP contribution in [0.15, 0.2) is 12.3 Å². The Bertz CT molecular complexity index is 737. The number of nitrogens with zero attached hydrogens (tertiary/aromatic N) is 1. The molecule has 0 amide bonds. The highest BCUT2D eigenvalue weighted by atomic mass is 35.5. The van der Waals surface area contributed by atoms with E-state index in [1.807, 2.05) is 0 Å². The van der Waals surface area contributed by atoms with Crippen LogP contribution in [0.4, 0.5) is 4.39 Å². The minimum atomic E-state index is -1.46. The maximum absolute atomic E-state index is 13.4. The van der Waals surface area contributed by atoms with E-state index in [1.165, 1.54) is 0 Å². The molecule has 2 aromatic rings. The quantitative estimate of drug-likeness (QED) is 0.517. The summed E-state index contributed by atoms with van der Waals surface area (Å²) in [6.45, 7) is 0. The third kappa shape index (κ3) is 2.91. The highest BCUT2D eigenvalue weighted by molar-refractivity contribution is 6.56. The van der Waals surface area contributed by atoms with Crippen molar-refractivity contribution in [1.82, 2.24) is 4.98 Å². The summed E-state index contributed by atoms with van der Waals surface area (Å²) in [5, 5.41) is 8.62. The van der Waals surface area contributed by atoms with Crippen molar-refractivity contribution in [2.24, 2.45) is 0 Å². The topological polar surface area (TPSA) is 50.2 Å². The molecule has 0 radical (unpaired) electrons. The van der Waals surface area contributed by atoms with Gasteiger partial charge in [0.15, 0.2) is 5.82 Å². The second kappa shape index (κ2) is 6.15. The average Bonchev–Trinajstić information content (AvgIpc) is 2.44. The van der Waals surface area contributed by atoms with Crippen LogP contribution in [-0.2, 0) is 0 Å². The van der Waals surface area contributed by atoms with Gasteiger partial charge < -0.3 is 5.11 Å². The summed E-state index contributed by atoms with van der Waals surface area (Å²) in [5.41, 5.74) is -0.515. The van der Waals surface area contributed by atoms with E-state index in [4.69, 9.17) is 63.1 Å². The number of halogens is 6. The number of carbonyl (C=O) groups is 1. The first-order valence-electron chi connectivity index (χ1n) is 5.16. The van der Waals surface area contributed by atoms with Gasteiger partial charge in [-0.1, -0.05) is 58.0 Å². The second-order valence-corrected chi connectivity index (χ2v) is 5.69. The number of hydrogen-bond acceptors (Lipinski definition) is 2. The molecule has 9 heteroatoms. The van der Waals surface area contributed by atoms with Crippen LogP contribution in [0, 0.1) is 5.82 Å². The van der Waals surface area contributed by atoms with Crippen molar-refractivity contribution in [3.8, 4) is 11.3 Å². The smallest absolute Gasteiger partial charge is 0.338 e. The van der Waals surface area contributed by atoms with Crippen LogP contribution >= 0.6 is 58.0 Å². The zero-order valence-electron chi connectivity index (χ0n) is 9.73. The van der Waals surface area contributed by atoms with Crippen molar-refractivity contribution < 1.29 is 14.3 Å². The molecule has 0 saturated carbocycles. The molecule has 21 heavy (non-hydrogen) atoms. The minimum absolute atomic E-state index is 0.00395. The number of carboxylic acids is 1. The van der Waals surface area contributed by atoms with Crippen molar-refractivity contribution in [3.63, 3.8) is 0 Å². The summed E-state index contributed by atoms with van der Waals surface area (Å²) in [4.78, 5) is 14.7. The van der Waals surface area contributed by atoms with Gasteiger partial charge in [-0.05, 0) is 6.07 Å². The molecule has 0 unspecified atom stereocenters. The first-order chi connectivity index (χ1) is 9.75. The Kier molecular flexibility index (Phi) is 4.85. The molecule has 1 aromatic heterocycles. The van der Waals surface area contributed by atoms with Crippen LogP contribution in [0.5, 0.6) is 0 Å². The van der Waals surface area contributed by atoms with E-state index < -0.39 is 17.3 Å². The van der Waals surface area contributed by atoms with Crippen molar-refractivity contribution in [2.45, 2.75) is 0 Å². The maximum Gasteiger partial charge on any atom is 0.338 e. The number of rotatable bonds is 2. The monoisotopic (exact) mass is 387 g/mol. The number of carboxylic acid groups (broad SMARTS) is 1. The third-order valence-corrected chi connectivity index (χ3v) is 4.83.